The summed E-state index contributed by atoms with van der Waals surface area (Å²) >= 11 is 0. The predicted octanol–water partition coefficient (Wildman–Crippen LogP) is 0.281. The molecule has 0 rings (SSSR count). The van der Waals surface area contributed by atoms with Crippen LogP contribution >= 0.6 is 0 Å². The van der Waals surface area contributed by atoms with E-state index in [0.717, 1.165) is 0 Å². The zero-order valence-corrected chi connectivity index (χ0v) is 6.05. The monoisotopic (exact) mass is 140 g/mol. The van der Waals surface area contributed by atoms with Crippen LogP contribution < -0.4 is 11.5 Å². The second-order valence-electron chi connectivity index (χ2n) is 2.01. The van der Waals surface area contributed by atoms with Gasteiger partial charge >= 0.3 is 0 Å². The first kappa shape index (κ1) is 8.75. The van der Waals surface area contributed by atoms with Crippen molar-refractivity contribution >= 4 is 5.91 Å². The van der Waals surface area contributed by atoms with Crippen molar-refractivity contribution in [3.63, 3.8) is 0 Å². The van der Waals surface area contributed by atoms with E-state index in [1.807, 2.05) is 0 Å². The summed E-state index contributed by atoms with van der Waals surface area (Å²) in [5, 5.41) is 0. The van der Waals surface area contributed by atoms with Crippen molar-refractivity contribution in [3.8, 4) is 0 Å². The average Bonchev–Trinajstić information content (AvgIpc) is 1.87. The smallest absolute Gasteiger partial charge is 0.246 e. The fraction of sp³-hybridized carbons (Fsp3) is 0.286. The molecule has 3 heteroatoms. The highest BCUT2D eigenvalue weighted by Crippen LogP contribution is 2.00. The van der Waals surface area contributed by atoms with E-state index in [4.69, 9.17) is 11.5 Å². The Bertz CT molecular complexity index is 182. The summed E-state index contributed by atoms with van der Waals surface area (Å²) in [7, 11) is 0. The molecule has 1 amide bonds. The number of allylic oxidation sites excluding steroid dienone is 1. The Morgan fingerprint density at radius 1 is 1.60 bits per heavy atom. The predicted molar refractivity (Wildman–Crippen MR) is 40.9 cm³/mol. The van der Waals surface area contributed by atoms with E-state index in [0.29, 0.717) is 17.7 Å². The number of primary amides is 1. The molecule has 0 saturated carbocycles. The van der Waals surface area contributed by atoms with Crippen LogP contribution in [0, 0.1) is 0 Å². The van der Waals surface area contributed by atoms with Gasteiger partial charge in [-0.3, -0.25) is 4.79 Å². The van der Waals surface area contributed by atoms with Crippen LogP contribution in [0.15, 0.2) is 23.9 Å². The maximum atomic E-state index is 10.5. The van der Waals surface area contributed by atoms with Crippen LogP contribution in [0.2, 0.25) is 0 Å². The number of amides is 1. The summed E-state index contributed by atoms with van der Waals surface area (Å²) in [6, 6.07) is 0. The van der Waals surface area contributed by atoms with Crippen molar-refractivity contribution in [2.75, 3.05) is 0 Å². The molecule has 4 N–H and O–H groups in total. The van der Waals surface area contributed by atoms with Gasteiger partial charge in [-0.2, -0.15) is 0 Å². The molecule has 0 aliphatic heterocycles. The second kappa shape index (κ2) is 3.71. The summed E-state index contributed by atoms with van der Waals surface area (Å²) < 4.78 is 0. The normalized spacial score (nSPS) is 12.1. The van der Waals surface area contributed by atoms with Crippen LogP contribution in [0.1, 0.15) is 13.3 Å². The van der Waals surface area contributed by atoms with Crippen molar-refractivity contribution in [1.29, 1.82) is 0 Å². The minimum absolute atomic E-state index is 0.417. The molecular weight excluding hydrogens is 128 g/mol. The van der Waals surface area contributed by atoms with Gasteiger partial charge < -0.3 is 11.5 Å². The summed E-state index contributed by atoms with van der Waals surface area (Å²) in [6.45, 7) is 5.07. The molecule has 0 aliphatic carbocycles. The molecule has 0 unspecified atom stereocenters. The van der Waals surface area contributed by atoms with Gasteiger partial charge in [-0.25, -0.2) is 0 Å². The van der Waals surface area contributed by atoms with Crippen molar-refractivity contribution in [3.05, 3.63) is 23.9 Å². The lowest BCUT2D eigenvalue weighted by atomic mass is 10.2. The zero-order chi connectivity index (χ0) is 8.15. The Morgan fingerprint density at radius 3 is 2.40 bits per heavy atom. The van der Waals surface area contributed by atoms with E-state index in [9.17, 15) is 4.79 Å². The van der Waals surface area contributed by atoms with Gasteiger partial charge in [-0.1, -0.05) is 6.08 Å². The number of hydrogen-bond donors (Lipinski definition) is 2. The van der Waals surface area contributed by atoms with E-state index in [-0.39, 0.29) is 0 Å². The van der Waals surface area contributed by atoms with E-state index in [1.54, 1.807) is 13.0 Å². The molecule has 0 aromatic rings. The minimum Gasteiger partial charge on any atom is -0.401 e. The Balaban J connectivity index is 4.33. The van der Waals surface area contributed by atoms with Gasteiger partial charge in [-0.15, -0.1) is 6.58 Å². The van der Waals surface area contributed by atoms with Gasteiger partial charge in [0.25, 0.3) is 0 Å². The molecule has 56 valence electrons. The average molecular weight is 140 g/mol. The van der Waals surface area contributed by atoms with Crippen molar-refractivity contribution in [1.82, 2.24) is 0 Å². The largest absolute Gasteiger partial charge is 0.401 e. The molecule has 0 aromatic heterocycles. The molecular formula is C7H12N2O. The van der Waals surface area contributed by atoms with Gasteiger partial charge in [0, 0.05) is 17.7 Å². The highest BCUT2D eigenvalue weighted by atomic mass is 16.1. The lowest BCUT2D eigenvalue weighted by Gasteiger charge is -1.99. The zero-order valence-electron chi connectivity index (χ0n) is 6.05. The van der Waals surface area contributed by atoms with Gasteiger partial charge in [-0.05, 0) is 6.92 Å². The molecule has 3 nitrogen and oxygen atoms in total. The number of carbonyl (C=O) groups excluding carboxylic acids is 1. The molecule has 0 saturated heterocycles. The first-order chi connectivity index (χ1) is 4.59. The maximum absolute atomic E-state index is 10.5. The molecule has 0 spiro atoms. The van der Waals surface area contributed by atoms with Crippen molar-refractivity contribution in [2.45, 2.75) is 13.3 Å². The lowest BCUT2D eigenvalue weighted by Crippen LogP contribution is -2.16. The molecule has 0 atom stereocenters. The number of hydrogen-bond acceptors (Lipinski definition) is 2. The first-order valence-electron chi connectivity index (χ1n) is 2.95. The molecule has 0 aromatic carbocycles. The van der Waals surface area contributed by atoms with E-state index >= 15 is 0 Å². The van der Waals surface area contributed by atoms with Crippen LogP contribution in [-0.4, -0.2) is 5.91 Å². The third kappa shape index (κ3) is 2.35. The second-order valence-corrected chi connectivity index (χ2v) is 2.01. The van der Waals surface area contributed by atoms with Gasteiger partial charge in [0.1, 0.15) is 0 Å². The topological polar surface area (TPSA) is 69.1 Å². The Morgan fingerprint density at radius 2 is 2.10 bits per heavy atom. The van der Waals surface area contributed by atoms with E-state index < -0.39 is 5.91 Å². The molecule has 0 aliphatic rings. The van der Waals surface area contributed by atoms with Gasteiger partial charge in [0.2, 0.25) is 5.91 Å². The van der Waals surface area contributed by atoms with Crippen LogP contribution in [0.3, 0.4) is 0 Å². The molecule has 0 bridgehead atoms. The highest BCUT2D eigenvalue weighted by Gasteiger charge is 2.00. The Labute approximate surface area is 60.4 Å². The van der Waals surface area contributed by atoms with Crippen LogP contribution in [0.5, 0.6) is 0 Å². The Hall–Kier alpha value is -1.25. The third-order valence-corrected chi connectivity index (χ3v) is 1.22. The van der Waals surface area contributed by atoms with Crippen molar-refractivity contribution in [2.24, 2.45) is 11.5 Å². The first-order valence-corrected chi connectivity index (χ1v) is 2.95. The molecule has 10 heavy (non-hydrogen) atoms. The standard InChI is InChI=1S/C7H12N2O/c1-3-4-6(8)5(2)7(9)10/h3H,1,4,8H2,2H3,(H2,9,10)/b6-5+. The van der Waals surface area contributed by atoms with Gasteiger partial charge in [0.15, 0.2) is 0 Å². The fourth-order valence-electron chi connectivity index (χ4n) is 0.467. The van der Waals surface area contributed by atoms with E-state index in [1.165, 1.54) is 0 Å². The lowest BCUT2D eigenvalue weighted by molar-refractivity contribution is -0.114. The molecule has 0 fully saturated rings. The highest BCUT2D eigenvalue weighted by molar-refractivity contribution is 5.91. The molecule has 0 heterocycles. The van der Waals surface area contributed by atoms with Crippen LogP contribution in [0.25, 0.3) is 0 Å². The summed E-state index contributed by atoms with van der Waals surface area (Å²) in [4.78, 5) is 10.5. The summed E-state index contributed by atoms with van der Waals surface area (Å²) in [5.41, 5.74) is 11.3. The number of rotatable bonds is 3. The summed E-state index contributed by atoms with van der Waals surface area (Å²) in [5.74, 6) is -0.473. The minimum atomic E-state index is -0.473. The Kier molecular flexibility index (Phi) is 3.25. The summed E-state index contributed by atoms with van der Waals surface area (Å²) in [6.07, 6.45) is 2.14. The molecule has 0 radical (unpaired) electrons. The quantitative estimate of drug-likeness (QED) is 0.436. The van der Waals surface area contributed by atoms with Crippen LogP contribution in [0.4, 0.5) is 0 Å². The fourth-order valence-corrected chi connectivity index (χ4v) is 0.467. The van der Waals surface area contributed by atoms with Crippen molar-refractivity contribution < 1.29 is 4.79 Å². The SMILES string of the molecule is C=CC/C(N)=C(/C)C(N)=O. The van der Waals surface area contributed by atoms with E-state index in [2.05, 4.69) is 6.58 Å². The number of nitrogens with two attached hydrogens (primary N) is 2. The third-order valence-electron chi connectivity index (χ3n) is 1.22. The number of carbonyl (C=O) groups is 1. The van der Waals surface area contributed by atoms with Crippen LogP contribution in [-0.2, 0) is 4.79 Å². The maximum Gasteiger partial charge on any atom is 0.246 e. The van der Waals surface area contributed by atoms with Gasteiger partial charge in [0.05, 0.1) is 0 Å².